The Morgan fingerprint density at radius 3 is 2.33 bits per heavy atom. The van der Waals surface area contributed by atoms with Gasteiger partial charge in [-0.25, -0.2) is 4.74 Å². The fourth-order valence-corrected chi connectivity index (χ4v) is 1.55. The van der Waals surface area contributed by atoms with Gasteiger partial charge in [0.2, 0.25) is 0 Å². The van der Waals surface area contributed by atoms with Gasteiger partial charge in [-0.1, -0.05) is 44.2 Å². The first-order chi connectivity index (χ1) is 7.26. The van der Waals surface area contributed by atoms with Crippen LogP contribution in [0.15, 0.2) is 30.3 Å². The summed E-state index contributed by atoms with van der Waals surface area (Å²) in [5.41, 5.74) is 1.06. The summed E-state index contributed by atoms with van der Waals surface area (Å²) in [6, 6.07) is 9.83. The van der Waals surface area contributed by atoms with Gasteiger partial charge in [0.05, 0.1) is 0 Å². The predicted octanol–water partition coefficient (Wildman–Crippen LogP) is 3.20. The number of nitrogens with zero attached hydrogens (tertiary/aromatic N) is 1. The van der Waals surface area contributed by atoms with Crippen LogP contribution in [0.5, 0.6) is 0 Å². The summed E-state index contributed by atoms with van der Waals surface area (Å²) >= 11 is 0. The topological polar surface area (TPSA) is 26.1 Å². The maximum atomic E-state index is 11.6. The highest BCUT2D eigenvalue weighted by molar-refractivity contribution is 5.54. The SMILES string of the molecule is CCC(C=[N+]([O-])Cc1ccccc1)CC. The zero-order chi connectivity index (χ0) is 11.1. The van der Waals surface area contributed by atoms with E-state index in [9.17, 15) is 5.21 Å². The van der Waals surface area contributed by atoms with E-state index < -0.39 is 0 Å². The minimum Gasteiger partial charge on any atom is -0.624 e. The Morgan fingerprint density at radius 1 is 1.20 bits per heavy atom. The van der Waals surface area contributed by atoms with Crippen molar-refractivity contribution in [3.8, 4) is 0 Å². The molecule has 82 valence electrons. The fraction of sp³-hybridized carbons (Fsp3) is 0.462. The number of benzene rings is 1. The molecule has 0 aliphatic carbocycles. The van der Waals surface area contributed by atoms with Gasteiger partial charge in [-0.2, -0.15) is 0 Å². The summed E-state index contributed by atoms with van der Waals surface area (Å²) in [4.78, 5) is 0. The molecule has 0 N–H and O–H groups in total. The molecule has 0 heterocycles. The highest BCUT2D eigenvalue weighted by Crippen LogP contribution is 2.05. The lowest BCUT2D eigenvalue weighted by Gasteiger charge is -2.08. The number of hydrogen-bond acceptors (Lipinski definition) is 1. The zero-order valence-corrected chi connectivity index (χ0v) is 9.52. The molecule has 0 unspecified atom stereocenters. The monoisotopic (exact) mass is 205 g/mol. The van der Waals surface area contributed by atoms with Crippen LogP contribution in [0, 0.1) is 11.1 Å². The Hall–Kier alpha value is -1.31. The summed E-state index contributed by atoms with van der Waals surface area (Å²) in [7, 11) is 0. The maximum Gasteiger partial charge on any atom is 0.178 e. The molecule has 0 bridgehead atoms. The van der Waals surface area contributed by atoms with E-state index in [0.29, 0.717) is 12.5 Å². The Bertz CT molecular complexity index is 302. The maximum absolute atomic E-state index is 11.6. The first-order valence-electron chi connectivity index (χ1n) is 5.59. The van der Waals surface area contributed by atoms with Gasteiger partial charge in [-0.05, 0) is 12.8 Å². The quantitative estimate of drug-likeness (QED) is 0.314. The van der Waals surface area contributed by atoms with Gasteiger partial charge < -0.3 is 5.21 Å². The van der Waals surface area contributed by atoms with Gasteiger partial charge in [-0.15, -0.1) is 0 Å². The summed E-state index contributed by atoms with van der Waals surface area (Å²) in [5.74, 6) is 0.409. The average molecular weight is 205 g/mol. The molecule has 2 heteroatoms. The molecule has 1 aromatic rings. The molecule has 0 saturated carbocycles. The van der Waals surface area contributed by atoms with Crippen LogP contribution in [-0.2, 0) is 6.54 Å². The highest BCUT2D eigenvalue weighted by Gasteiger charge is 2.04. The minimum absolute atomic E-state index is 0.409. The van der Waals surface area contributed by atoms with Crippen LogP contribution < -0.4 is 0 Å². The molecule has 2 nitrogen and oxygen atoms in total. The molecule has 0 aliphatic rings. The van der Waals surface area contributed by atoms with Gasteiger partial charge >= 0.3 is 0 Å². The molecule has 0 aliphatic heterocycles. The highest BCUT2D eigenvalue weighted by atomic mass is 16.5. The summed E-state index contributed by atoms with van der Waals surface area (Å²) < 4.78 is 1.05. The van der Waals surface area contributed by atoms with Gasteiger partial charge in [0.15, 0.2) is 12.8 Å². The van der Waals surface area contributed by atoms with E-state index in [0.717, 1.165) is 23.1 Å². The standard InChI is InChI=1S/C13H19NO/c1-3-12(4-2)10-14(15)11-13-8-6-5-7-9-13/h5-10,12H,3-4,11H2,1-2H3. The minimum atomic E-state index is 0.409. The lowest BCUT2D eigenvalue weighted by Crippen LogP contribution is -2.11. The van der Waals surface area contributed by atoms with Crippen LogP contribution in [0.25, 0.3) is 0 Å². The van der Waals surface area contributed by atoms with Crippen molar-refractivity contribution in [1.29, 1.82) is 0 Å². The van der Waals surface area contributed by atoms with Crippen LogP contribution in [0.3, 0.4) is 0 Å². The second-order valence-corrected chi connectivity index (χ2v) is 3.79. The smallest absolute Gasteiger partial charge is 0.178 e. The molecule has 0 aromatic heterocycles. The van der Waals surface area contributed by atoms with E-state index in [4.69, 9.17) is 0 Å². The average Bonchev–Trinajstić information content (AvgIpc) is 2.27. The van der Waals surface area contributed by atoms with Crippen molar-refractivity contribution in [3.05, 3.63) is 41.1 Å². The first kappa shape index (κ1) is 11.8. The number of hydroxylamine groups is 1. The van der Waals surface area contributed by atoms with Gasteiger partial charge in [0, 0.05) is 11.5 Å². The Labute approximate surface area is 91.8 Å². The van der Waals surface area contributed by atoms with Crippen LogP contribution in [0.2, 0.25) is 0 Å². The summed E-state index contributed by atoms with van der Waals surface area (Å²) in [5, 5.41) is 11.6. The van der Waals surface area contributed by atoms with Crippen molar-refractivity contribution in [3.63, 3.8) is 0 Å². The van der Waals surface area contributed by atoms with Crippen molar-refractivity contribution in [2.24, 2.45) is 5.92 Å². The van der Waals surface area contributed by atoms with E-state index in [-0.39, 0.29) is 0 Å². The van der Waals surface area contributed by atoms with Gasteiger partial charge in [0.25, 0.3) is 0 Å². The lowest BCUT2D eigenvalue weighted by molar-refractivity contribution is -0.472. The molecule has 15 heavy (non-hydrogen) atoms. The van der Waals surface area contributed by atoms with E-state index in [2.05, 4.69) is 13.8 Å². The molecule has 0 amide bonds. The Kier molecular flexibility index (Phi) is 4.88. The normalized spacial score (nSPS) is 12.1. The Morgan fingerprint density at radius 2 is 1.80 bits per heavy atom. The zero-order valence-electron chi connectivity index (χ0n) is 9.52. The molecular weight excluding hydrogens is 186 g/mol. The summed E-state index contributed by atoms with van der Waals surface area (Å²) in [6.45, 7) is 4.68. The van der Waals surface area contributed by atoms with Crippen molar-refractivity contribution >= 4 is 6.21 Å². The van der Waals surface area contributed by atoms with Crippen molar-refractivity contribution in [1.82, 2.24) is 0 Å². The predicted molar refractivity (Wildman–Crippen MR) is 63.9 cm³/mol. The van der Waals surface area contributed by atoms with Crippen LogP contribution in [0.1, 0.15) is 32.3 Å². The lowest BCUT2D eigenvalue weighted by atomic mass is 10.1. The summed E-state index contributed by atoms with van der Waals surface area (Å²) in [6.07, 6.45) is 3.86. The van der Waals surface area contributed by atoms with Crippen LogP contribution in [-0.4, -0.2) is 11.0 Å². The molecule has 0 fully saturated rings. The molecule has 1 rings (SSSR count). The van der Waals surface area contributed by atoms with Gasteiger partial charge in [-0.3, -0.25) is 0 Å². The number of rotatable bonds is 5. The largest absolute Gasteiger partial charge is 0.624 e. The molecule has 0 atom stereocenters. The first-order valence-corrected chi connectivity index (χ1v) is 5.59. The third kappa shape index (κ3) is 4.15. The van der Waals surface area contributed by atoms with E-state index in [1.54, 1.807) is 6.21 Å². The van der Waals surface area contributed by atoms with Crippen LogP contribution >= 0.6 is 0 Å². The number of hydrogen-bond donors (Lipinski definition) is 0. The van der Waals surface area contributed by atoms with Crippen LogP contribution in [0.4, 0.5) is 0 Å². The molecule has 1 aromatic carbocycles. The van der Waals surface area contributed by atoms with Gasteiger partial charge in [0.1, 0.15) is 0 Å². The third-order valence-corrected chi connectivity index (χ3v) is 2.61. The van der Waals surface area contributed by atoms with E-state index >= 15 is 0 Å². The van der Waals surface area contributed by atoms with E-state index in [1.165, 1.54) is 0 Å². The van der Waals surface area contributed by atoms with Crippen molar-refractivity contribution in [2.75, 3.05) is 0 Å². The van der Waals surface area contributed by atoms with Crippen molar-refractivity contribution < 1.29 is 4.74 Å². The molecule has 0 spiro atoms. The molecule has 0 radical (unpaired) electrons. The second-order valence-electron chi connectivity index (χ2n) is 3.79. The third-order valence-electron chi connectivity index (χ3n) is 2.61. The molecule has 0 saturated heterocycles. The van der Waals surface area contributed by atoms with Crippen molar-refractivity contribution in [2.45, 2.75) is 33.2 Å². The second kappa shape index (κ2) is 6.23. The fourth-order valence-electron chi connectivity index (χ4n) is 1.55. The Balaban J connectivity index is 2.58. The molecular formula is C13H19NO. The van der Waals surface area contributed by atoms with E-state index in [1.807, 2.05) is 30.3 Å².